The van der Waals surface area contributed by atoms with Crippen molar-refractivity contribution in [2.24, 2.45) is 5.92 Å². The van der Waals surface area contributed by atoms with Crippen molar-refractivity contribution in [1.29, 1.82) is 0 Å². The van der Waals surface area contributed by atoms with Gasteiger partial charge in [-0.3, -0.25) is 4.79 Å². The zero-order chi connectivity index (χ0) is 23.7. The quantitative estimate of drug-likeness (QED) is 0.442. The lowest BCUT2D eigenvalue weighted by molar-refractivity contribution is -0.125. The number of piperidine rings is 1. The maximum Gasteiger partial charge on any atom is 0.225 e. The van der Waals surface area contributed by atoms with E-state index in [9.17, 15) is 9.18 Å². The van der Waals surface area contributed by atoms with Crippen LogP contribution in [0.2, 0.25) is 0 Å². The van der Waals surface area contributed by atoms with E-state index in [4.69, 9.17) is 9.72 Å². The number of carbonyl (C=O) groups is 1. The van der Waals surface area contributed by atoms with Crippen molar-refractivity contribution in [3.63, 3.8) is 0 Å². The number of hydrogen-bond acceptors (Lipinski definition) is 6. The molecule has 1 N–H and O–H groups in total. The second-order valence-electron chi connectivity index (χ2n) is 8.48. The number of anilines is 1. The minimum atomic E-state index is -0.285. The molecule has 7 nitrogen and oxygen atoms in total. The van der Waals surface area contributed by atoms with Gasteiger partial charge in [0, 0.05) is 19.6 Å². The van der Waals surface area contributed by atoms with Crippen LogP contribution in [0.5, 0.6) is 5.75 Å². The van der Waals surface area contributed by atoms with Crippen LogP contribution in [0, 0.1) is 18.7 Å². The van der Waals surface area contributed by atoms with Crippen LogP contribution in [0.3, 0.4) is 0 Å². The summed E-state index contributed by atoms with van der Waals surface area (Å²) in [7, 11) is 1.63. The Morgan fingerprint density at radius 3 is 2.88 bits per heavy atom. The molecule has 0 bridgehead atoms. The van der Waals surface area contributed by atoms with Gasteiger partial charge in [0.05, 0.1) is 29.1 Å². The Labute approximate surface area is 201 Å². The number of fused-ring (bicyclic) bond motifs is 1. The highest BCUT2D eigenvalue weighted by atomic mass is 32.1. The smallest absolute Gasteiger partial charge is 0.225 e. The van der Waals surface area contributed by atoms with Gasteiger partial charge in [0.2, 0.25) is 5.91 Å². The molecule has 0 aliphatic carbocycles. The van der Waals surface area contributed by atoms with Crippen LogP contribution in [-0.2, 0) is 11.3 Å². The molecule has 0 spiro atoms. The molecule has 176 valence electrons. The molecule has 4 aromatic rings. The highest BCUT2D eigenvalue weighted by molar-refractivity contribution is 7.22. The van der Waals surface area contributed by atoms with E-state index < -0.39 is 0 Å². The first-order valence-corrected chi connectivity index (χ1v) is 12.1. The van der Waals surface area contributed by atoms with Gasteiger partial charge in [-0.25, -0.2) is 9.07 Å². The SMILES string of the molecule is COc1cccc(CNC(=O)[C@@H]2CCCN(c3nc4c(s3)c(C)nn4-c3ccc(F)cc3)C2)c1. The molecular weight excluding hydrogens is 453 g/mol. The number of benzene rings is 2. The molecule has 0 saturated carbocycles. The summed E-state index contributed by atoms with van der Waals surface area (Å²) in [5, 5.41) is 8.56. The second kappa shape index (κ2) is 9.42. The zero-order valence-corrected chi connectivity index (χ0v) is 19.9. The third kappa shape index (κ3) is 4.48. The number of hydrogen-bond donors (Lipinski definition) is 1. The first-order chi connectivity index (χ1) is 16.5. The topological polar surface area (TPSA) is 72.3 Å². The number of ether oxygens (including phenoxy) is 1. The van der Waals surface area contributed by atoms with Gasteiger partial charge in [-0.1, -0.05) is 23.5 Å². The number of aromatic nitrogens is 3. The summed E-state index contributed by atoms with van der Waals surface area (Å²) >= 11 is 1.59. The molecule has 5 rings (SSSR count). The summed E-state index contributed by atoms with van der Waals surface area (Å²) in [5.74, 6) is 0.455. The fourth-order valence-electron chi connectivity index (χ4n) is 4.30. The van der Waals surface area contributed by atoms with Gasteiger partial charge in [-0.2, -0.15) is 10.1 Å². The van der Waals surface area contributed by atoms with E-state index >= 15 is 0 Å². The predicted octanol–water partition coefficient (Wildman–Crippen LogP) is 4.47. The molecule has 1 aliphatic rings. The third-order valence-electron chi connectivity index (χ3n) is 6.11. The van der Waals surface area contributed by atoms with E-state index in [-0.39, 0.29) is 17.6 Å². The minimum Gasteiger partial charge on any atom is -0.497 e. The van der Waals surface area contributed by atoms with E-state index in [1.54, 1.807) is 35.3 Å². The van der Waals surface area contributed by atoms with Gasteiger partial charge < -0.3 is 15.0 Å². The van der Waals surface area contributed by atoms with Crippen molar-refractivity contribution in [3.8, 4) is 11.4 Å². The molecular formula is C25H26FN5O2S. The number of rotatable bonds is 6. The molecule has 1 amide bonds. The Bertz CT molecular complexity index is 1320. The van der Waals surface area contributed by atoms with E-state index in [0.717, 1.165) is 57.6 Å². The van der Waals surface area contributed by atoms with Gasteiger partial charge in [0.25, 0.3) is 0 Å². The molecule has 3 heterocycles. The average molecular weight is 480 g/mol. The number of halogens is 1. The number of methoxy groups -OCH3 is 1. The van der Waals surface area contributed by atoms with Crippen molar-refractivity contribution in [3.05, 3.63) is 65.6 Å². The number of amides is 1. The Kier molecular flexibility index (Phi) is 6.19. The lowest BCUT2D eigenvalue weighted by Crippen LogP contribution is -2.43. The van der Waals surface area contributed by atoms with Crippen molar-refractivity contribution >= 4 is 32.7 Å². The van der Waals surface area contributed by atoms with Crippen LogP contribution in [0.15, 0.2) is 48.5 Å². The fraction of sp³-hybridized carbons (Fsp3) is 0.320. The van der Waals surface area contributed by atoms with E-state index in [0.29, 0.717) is 13.1 Å². The number of thiazole rings is 1. The standard InChI is InChI=1S/C25H26FN5O2S/c1-16-22-23(31(29-16)20-10-8-19(26)9-11-20)28-25(34-22)30-12-4-6-18(15-30)24(32)27-14-17-5-3-7-21(13-17)33-2/h3,5,7-11,13,18H,4,6,12,14-15H2,1-2H3,(H,27,32)/t18-/m1/s1. The maximum absolute atomic E-state index is 13.4. The Morgan fingerprint density at radius 2 is 2.09 bits per heavy atom. The van der Waals surface area contributed by atoms with E-state index in [2.05, 4.69) is 15.3 Å². The van der Waals surface area contributed by atoms with Gasteiger partial charge in [-0.05, 0) is 61.7 Å². The third-order valence-corrected chi connectivity index (χ3v) is 7.33. The van der Waals surface area contributed by atoms with Gasteiger partial charge in [0.15, 0.2) is 10.8 Å². The molecule has 1 fully saturated rings. The van der Waals surface area contributed by atoms with Gasteiger partial charge >= 0.3 is 0 Å². The van der Waals surface area contributed by atoms with Gasteiger partial charge in [0.1, 0.15) is 11.6 Å². The number of nitrogens with zero attached hydrogens (tertiary/aromatic N) is 4. The highest BCUT2D eigenvalue weighted by Crippen LogP contribution is 2.34. The molecule has 0 unspecified atom stereocenters. The molecule has 2 aromatic carbocycles. The summed E-state index contributed by atoms with van der Waals surface area (Å²) in [6.07, 6.45) is 1.78. The van der Waals surface area contributed by atoms with Crippen LogP contribution in [0.1, 0.15) is 24.1 Å². The summed E-state index contributed by atoms with van der Waals surface area (Å²) in [5.41, 5.74) is 3.42. The summed E-state index contributed by atoms with van der Waals surface area (Å²) < 4.78 is 21.4. The largest absolute Gasteiger partial charge is 0.497 e. The molecule has 1 saturated heterocycles. The number of aryl methyl sites for hydroxylation is 1. The predicted molar refractivity (Wildman–Crippen MR) is 131 cm³/mol. The van der Waals surface area contributed by atoms with Crippen LogP contribution >= 0.6 is 11.3 Å². The zero-order valence-electron chi connectivity index (χ0n) is 19.1. The molecule has 9 heteroatoms. The van der Waals surface area contributed by atoms with Crippen molar-refractivity contribution < 1.29 is 13.9 Å². The van der Waals surface area contributed by atoms with Crippen molar-refractivity contribution in [1.82, 2.24) is 20.1 Å². The summed E-state index contributed by atoms with van der Waals surface area (Å²) in [4.78, 5) is 20.0. The van der Waals surface area contributed by atoms with E-state index in [1.807, 2.05) is 31.2 Å². The molecule has 0 radical (unpaired) electrons. The Morgan fingerprint density at radius 1 is 1.26 bits per heavy atom. The summed E-state index contributed by atoms with van der Waals surface area (Å²) in [6.45, 7) is 3.91. The lowest BCUT2D eigenvalue weighted by atomic mass is 9.97. The summed E-state index contributed by atoms with van der Waals surface area (Å²) in [6, 6.07) is 14.0. The van der Waals surface area contributed by atoms with Crippen LogP contribution in [0.4, 0.5) is 9.52 Å². The molecule has 1 aliphatic heterocycles. The molecule has 2 aromatic heterocycles. The number of nitrogens with one attached hydrogen (secondary N) is 1. The molecule has 34 heavy (non-hydrogen) atoms. The number of carbonyl (C=O) groups excluding carboxylic acids is 1. The van der Waals surface area contributed by atoms with Crippen LogP contribution in [0.25, 0.3) is 16.0 Å². The first kappa shape index (κ1) is 22.3. The Balaban J connectivity index is 1.30. The first-order valence-electron chi connectivity index (χ1n) is 11.3. The normalized spacial score (nSPS) is 16.1. The second-order valence-corrected chi connectivity index (χ2v) is 9.45. The van der Waals surface area contributed by atoms with E-state index in [1.165, 1.54) is 12.1 Å². The maximum atomic E-state index is 13.4. The Hall–Kier alpha value is -3.46. The minimum absolute atomic E-state index is 0.0577. The van der Waals surface area contributed by atoms with Crippen LogP contribution in [-0.4, -0.2) is 40.9 Å². The molecule has 1 atom stereocenters. The van der Waals surface area contributed by atoms with Crippen molar-refractivity contribution in [2.45, 2.75) is 26.3 Å². The van der Waals surface area contributed by atoms with Crippen LogP contribution < -0.4 is 15.0 Å². The average Bonchev–Trinajstić information content (AvgIpc) is 3.44. The fourth-order valence-corrected chi connectivity index (χ4v) is 5.32. The lowest BCUT2D eigenvalue weighted by Gasteiger charge is -2.31. The monoisotopic (exact) mass is 479 g/mol. The van der Waals surface area contributed by atoms with Gasteiger partial charge in [-0.15, -0.1) is 0 Å². The van der Waals surface area contributed by atoms with Crippen molar-refractivity contribution in [2.75, 3.05) is 25.1 Å². The highest BCUT2D eigenvalue weighted by Gasteiger charge is 2.28.